The summed E-state index contributed by atoms with van der Waals surface area (Å²) >= 11 is 0. The number of aromatic nitrogens is 5. The van der Waals surface area contributed by atoms with Gasteiger partial charge in [0.05, 0.1) is 0 Å². The third-order valence-electron chi connectivity index (χ3n) is 5.38. The zero-order valence-corrected chi connectivity index (χ0v) is 20.3. The highest BCUT2D eigenvalue weighted by Crippen LogP contribution is 2.27. The number of unbranched alkanes of at least 4 members (excludes halogenated alkanes) is 1. The van der Waals surface area contributed by atoms with Gasteiger partial charge in [-0.25, -0.2) is 9.20 Å². The van der Waals surface area contributed by atoms with Crippen LogP contribution in [0.3, 0.4) is 0 Å². The predicted molar refractivity (Wildman–Crippen MR) is 136 cm³/mol. The van der Waals surface area contributed by atoms with Crippen molar-refractivity contribution in [2.75, 3.05) is 25.1 Å². The maximum atomic E-state index is 10.5. The number of fused-ring (bicyclic) bond motifs is 1. The molecule has 0 aliphatic rings. The molecule has 0 aliphatic heterocycles. The highest BCUT2D eigenvalue weighted by Gasteiger charge is 2.12. The molecule has 178 valence electrons. The van der Waals surface area contributed by atoms with Gasteiger partial charge in [-0.3, -0.25) is 4.79 Å². The van der Waals surface area contributed by atoms with Crippen LogP contribution in [0.15, 0.2) is 37.2 Å². The Balaban J connectivity index is 0.000000414. The van der Waals surface area contributed by atoms with Gasteiger partial charge >= 0.3 is 0 Å². The van der Waals surface area contributed by atoms with Crippen LogP contribution in [0.1, 0.15) is 63.6 Å². The van der Waals surface area contributed by atoms with Crippen molar-refractivity contribution in [3.8, 4) is 0 Å². The number of hydrogen-bond acceptors (Lipinski definition) is 6. The molecule has 0 aromatic carbocycles. The number of allylic oxidation sites excluding steroid dienone is 2. The lowest BCUT2D eigenvalue weighted by Gasteiger charge is -2.09. The number of nitrogens with one attached hydrogen (secondary N) is 2. The summed E-state index contributed by atoms with van der Waals surface area (Å²) in [5, 5.41) is 14.2. The Kier molecular flexibility index (Phi) is 9.65. The zero-order chi connectivity index (χ0) is 24.4. The van der Waals surface area contributed by atoms with Crippen LogP contribution in [0, 0.1) is 0 Å². The summed E-state index contributed by atoms with van der Waals surface area (Å²) in [6.07, 6.45) is 11.4. The topological polar surface area (TPSA) is 115 Å². The van der Waals surface area contributed by atoms with Gasteiger partial charge in [-0.2, -0.15) is 10.1 Å². The summed E-state index contributed by atoms with van der Waals surface area (Å²) < 4.78 is 3.60. The minimum Gasteiger partial charge on any atom is -0.371 e. The van der Waals surface area contributed by atoms with Crippen molar-refractivity contribution in [1.29, 1.82) is 0 Å². The van der Waals surface area contributed by atoms with Crippen molar-refractivity contribution in [3.05, 3.63) is 48.4 Å². The molecular formula is C24H36N8O. The van der Waals surface area contributed by atoms with Gasteiger partial charge in [-0.1, -0.05) is 33.8 Å². The molecule has 4 N–H and O–H groups in total. The fraction of sp³-hybridized carbons (Fsp3) is 0.417. The number of carbonyl (C=O) groups is 1. The Morgan fingerprint density at radius 2 is 2.06 bits per heavy atom. The van der Waals surface area contributed by atoms with Crippen LogP contribution in [0.25, 0.3) is 17.3 Å². The van der Waals surface area contributed by atoms with Gasteiger partial charge in [-0.05, 0) is 42.5 Å². The minimum absolute atomic E-state index is 0.145. The molecule has 1 atom stereocenters. The number of anilines is 2. The van der Waals surface area contributed by atoms with Gasteiger partial charge in [0.25, 0.3) is 0 Å². The van der Waals surface area contributed by atoms with Crippen molar-refractivity contribution >= 4 is 35.0 Å². The van der Waals surface area contributed by atoms with Gasteiger partial charge in [0, 0.05) is 50.4 Å². The predicted octanol–water partition coefficient (Wildman–Crippen LogP) is 4.17. The van der Waals surface area contributed by atoms with Gasteiger partial charge < -0.3 is 16.4 Å². The quantitative estimate of drug-likeness (QED) is 0.420. The summed E-state index contributed by atoms with van der Waals surface area (Å²) in [7, 11) is 3.47. The molecule has 0 spiro atoms. The van der Waals surface area contributed by atoms with Crippen LogP contribution in [-0.2, 0) is 4.79 Å². The van der Waals surface area contributed by atoms with E-state index in [4.69, 9.17) is 5.73 Å². The van der Waals surface area contributed by atoms with Gasteiger partial charge in [0.1, 0.15) is 5.52 Å². The maximum Gasteiger partial charge on any atom is 0.240 e. The molecule has 0 fully saturated rings. The van der Waals surface area contributed by atoms with E-state index in [0.29, 0.717) is 18.2 Å². The van der Waals surface area contributed by atoms with Crippen molar-refractivity contribution in [1.82, 2.24) is 29.7 Å². The largest absolute Gasteiger partial charge is 0.371 e. The number of carbonyl (C=O) groups excluding carboxylic acids is 1. The number of nitrogens with two attached hydrogens (primary N) is 1. The van der Waals surface area contributed by atoms with E-state index < -0.39 is 0 Å². The fourth-order valence-electron chi connectivity index (χ4n) is 3.24. The smallest absolute Gasteiger partial charge is 0.240 e. The number of rotatable bonds is 9. The Morgan fingerprint density at radius 1 is 1.30 bits per heavy atom. The van der Waals surface area contributed by atoms with Crippen molar-refractivity contribution < 1.29 is 4.79 Å². The summed E-state index contributed by atoms with van der Waals surface area (Å²) in [6.45, 7) is 10.6. The Hall–Kier alpha value is -3.62. The number of nitrogen functional groups attached to an aromatic ring is 1. The molecule has 3 rings (SSSR count). The minimum atomic E-state index is 0.145. The summed E-state index contributed by atoms with van der Waals surface area (Å²) in [4.78, 5) is 14.7. The molecule has 0 bridgehead atoms. The molecule has 9 heteroatoms. The van der Waals surface area contributed by atoms with Crippen LogP contribution in [-0.4, -0.2) is 44.4 Å². The second-order valence-corrected chi connectivity index (χ2v) is 7.72. The summed E-state index contributed by atoms with van der Waals surface area (Å²) in [5.74, 6) is 1.48. The van der Waals surface area contributed by atoms with Crippen LogP contribution in [0.5, 0.6) is 0 Å². The standard InChI is InChI=1S/C18H23N7.C6H13NO/c1-5-12(2)15-6-9-21-24(15)10-7-13(3)14-8-11-25-16(14)17(20-4)22-18(19)23-25;1-3-4-5-6(8)7-2/h6-12H,3,5H2,1-2,4H3,(H3,19,20,22,23);3-5H2,1-2H3,(H,7,8)/b10-7-;/t12-;/m1./s1. The second kappa shape index (κ2) is 12.4. The Labute approximate surface area is 195 Å². The van der Waals surface area contributed by atoms with E-state index in [9.17, 15) is 4.79 Å². The maximum absolute atomic E-state index is 10.5. The molecule has 0 aliphatic carbocycles. The van der Waals surface area contributed by atoms with Crippen molar-refractivity contribution in [2.24, 2.45) is 0 Å². The first-order chi connectivity index (χ1) is 15.9. The van der Waals surface area contributed by atoms with Gasteiger partial charge in [0.15, 0.2) is 5.82 Å². The summed E-state index contributed by atoms with van der Waals surface area (Å²) in [5.41, 5.74) is 9.55. The van der Waals surface area contributed by atoms with Crippen LogP contribution in [0.2, 0.25) is 0 Å². The van der Waals surface area contributed by atoms with E-state index in [2.05, 4.69) is 53.2 Å². The molecule has 3 aromatic rings. The van der Waals surface area contributed by atoms with E-state index in [1.165, 1.54) is 5.69 Å². The lowest BCUT2D eigenvalue weighted by molar-refractivity contribution is -0.120. The first kappa shape index (κ1) is 25.6. The van der Waals surface area contributed by atoms with Crippen LogP contribution in [0.4, 0.5) is 11.8 Å². The second-order valence-electron chi connectivity index (χ2n) is 7.72. The SMILES string of the molecule is C=C(/C=C\n1nccc1[C@H](C)CC)c1ccn2nc(N)nc(NC)c12.CCCCC(=O)NC. The molecular weight excluding hydrogens is 416 g/mol. The number of hydrogen-bond donors (Lipinski definition) is 3. The van der Waals surface area contributed by atoms with Gasteiger partial charge in [-0.15, -0.1) is 5.10 Å². The van der Waals surface area contributed by atoms with Gasteiger partial charge in [0.2, 0.25) is 11.9 Å². The average Bonchev–Trinajstić information content (AvgIpc) is 3.47. The number of amides is 1. The third kappa shape index (κ3) is 6.68. The van der Waals surface area contributed by atoms with E-state index in [-0.39, 0.29) is 11.9 Å². The molecule has 9 nitrogen and oxygen atoms in total. The first-order valence-electron chi connectivity index (χ1n) is 11.3. The average molecular weight is 453 g/mol. The van der Waals surface area contributed by atoms with E-state index in [0.717, 1.165) is 35.9 Å². The Morgan fingerprint density at radius 3 is 2.70 bits per heavy atom. The lowest BCUT2D eigenvalue weighted by Crippen LogP contribution is -2.16. The van der Waals surface area contributed by atoms with Crippen molar-refractivity contribution in [3.63, 3.8) is 0 Å². The summed E-state index contributed by atoms with van der Waals surface area (Å²) in [6, 6.07) is 4.00. The molecule has 0 saturated heterocycles. The van der Waals surface area contributed by atoms with Crippen LogP contribution < -0.4 is 16.4 Å². The highest BCUT2D eigenvalue weighted by atomic mass is 16.1. The highest BCUT2D eigenvalue weighted by molar-refractivity contribution is 5.89. The number of nitrogens with zero attached hydrogens (tertiary/aromatic N) is 5. The van der Waals surface area contributed by atoms with E-state index >= 15 is 0 Å². The lowest BCUT2D eigenvalue weighted by atomic mass is 10.1. The molecule has 1 amide bonds. The monoisotopic (exact) mass is 452 g/mol. The first-order valence-corrected chi connectivity index (χ1v) is 11.3. The molecule has 33 heavy (non-hydrogen) atoms. The molecule has 3 aromatic heterocycles. The molecule has 3 heterocycles. The zero-order valence-electron chi connectivity index (χ0n) is 20.3. The molecule has 0 unspecified atom stereocenters. The molecule has 0 radical (unpaired) electrons. The van der Waals surface area contributed by atoms with E-state index in [1.54, 1.807) is 18.6 Å². The third-order valence-corrected chi connectivity index (χ3v) is 5.38. The Bertz CT molecular complexity index is 1100. The van der Waals surface area contributed by atoms with Crippen molar-refractivity contribution in [2.45, 2.75) is 52.4 Å². The van der Waals surface area contributed by atoms with Crippen LogP contribution >= 0.6 is 0 Å². The normalized spacial score (nSPS) is 11.8. The van der Waals surface area contributed by atoms with E-state index in [1.807, 2.05) is 41.5 Å². The fourth-order valence-corrected chi connectivity index (χ4v) is 3.24. The molecule has 0 saturated carbocycles.